The molecule has 2 aliphatic rings. The molecule has 0 bridgehead atoms. The van der Waals surface area contributed by atoms with Gasteiger partial charge in [-0.05, 0) is 51.2 Å². The van der Waals surface area contributed by atoms with Gasteiger partial charge in [0, 0.05) is 27.6 Å². The number of amides is 1. The molecule has 2 atom stereocenters. The van der Waals surface area contributed by atoms with Crippen molar-refractivity contribution in [1.29, 1.82) is 0 Å². The Kier molecular flexibility index (Phi) is 5.22. The maximum atomic E-state index is 12.5. The molecule has 1 aromatic rings. The van der Waals surface area contributed by atoms with Crippen LogP contribution in [0.3, 0.4) is 0 Å². The zero-order valence-corrected chi connectivity index (χ0v) is 14.7. The van der Waals surface area contributed by atoms with Gasteiger partial charge in [0.2, 0.25) is 5.91 Å². The molecule has 1 heterocycles. The van der Waals surface area contributed by atoms with Crippen LogP contribution < -0.4 is 5.32 Å². The summed E-state index contributed by atoms with van der Waals surface area (Å²) < 4.78 is 0. The molecule has 1 fully saturated rings. The molecule has 23 heavy (non-hydrogen) atoms. The average molecular weight is 333 g/mol. The highest BCUT2D eigenvalue weighted by Crippen LogP contribution is 2.44. The van der Waals surface area contributed by atoms with Crippen molar-refractivity contribution in [1.82, 2.24) is 5.32 Å². The zero-order chi connectivity index (χ0) is 16.3. The minimum atomic E-state index is -0.407. The van der Waals surface area contributed by atoms with Crippen LogP contribution in [0.2, 0.25) is 0 Å². The fourth-order valence-corrected chi connectivity index (χ4v) is 5.05. The van der Waals surface area contributed by atoms with E-state index in [1.807, 2.05) is 13.0 Å². The van der Waals surface area contributed by atoms with E-state index in [4.69, 9.17) is 0 Å². The number of aliphatic hydroxyl groups excluding tert-OH is 1. The third-order valence-electron chi connectivity index (χ3n) is 5.36. The van der Waals surface area contributed by atoms with Crippen molar-refractivity contribution in [3.8, 4) is 0 Å². The summed E-state index contributed by atoms with van der Waals surface area (Å²) in [6, 6.07) is 4.20. The minimum absolute atomic E-state index is 0.0813. The number of aliphatic hydroxyl groups is 1. The van der Waals surface area contributed by atoms with Gasteiger partial charge >= 0.3 is 0 Å². The summed E-state index contributed by atoms with van der Waals surface area (Å²) >= 11 is 1.71. The van der Waals surface area contributed by atoms with Crippen LogP contribution in [-0.2, 0) is 10.2 Å². The molecule has 0 aliphatic heterocycles. The normalized spacial score (nSPS) is 24.5. The van der Waals surface area contributed by atoms with E-state index in [0.29, 0.717) is 0 Å². The average Bonchev–Trinajstić information content (AvgIpc) is 3.23. The number of nitrogens with one attached hydrogen (secondary N) is 1. The van der Waals surface area contributed by atoms with E-state index in [2.05, 4.69) is 23.5 Å². The monoisotopic (exact) mass is 333 g/mol. The van der Waals surface area contributed by atoms with Crippen LogP contribution in [0.15, 0.2) is 24.3 Å². The van der Waals surface area contributed by atoms with Crippen molar-refractivity contribution < 1.29 is 9.90 Å². The number of hydrogen-bond donors (Lipinski definition) is 2. The predicted octanol–water partition coefficient (Wildman–Crippen LogP) is 4.09. The Labute approximate surface area is 142 Å². The van der Waals surface area contributed by atoms with Gasteiger partial charge in [-0.3, -0.25) is 4.79 Å². The molecule has 0 unspecified atom stereocenters. The highest BCUT2D eigenvalue weighted by Gasteiger charge is 2.37. The first kappa shape index (κ1) is 16.7. The summed E-state index contributed by atoms with van der Waals surface area (Å²) in [5.41, 5.74) is 0.0813. The van der Waals surface area contributed by atoms with Gasteiger partial charge in [-0.25, -0.2) is 0 Å². The highest BCUT2D eigenvalue weighted by molar-refractivity contribution is 7.12. The first-order chi connectivity index (χ1) is 11.1. The van der Waals surface area contributed by atoms with Gasteiger partial charge in [0.25, 0.3) is 0 Å². The molecule has 4 heteroatoms. The van der Waals surface area contributed by atoms with Crippen LogP contribution in [0.5, 0.6) is 0 Å². The Morgan fingerprint density at radius 1 is 1.39 bits per heavy atom. The topological polar surface area (TPSA) is 49.3 Å². The summed E-state index contributed by atoms with van der Waals surface area (Å²) in [6.45, 7) is 2.56. The highest BCUT2D eigenvalue weighted by atomic mass is 32.1. The van der Waals surface area contributed by atoms with Crippen LogP contribution >= 0.6 is 11.3 Å². The van der Waals surface area contributed by atoms with Gasteiger partial charge in [-0.2, -0.15) is 0 Å². The second-order valence-electron chi connectivity index (χ2n) is 7.06. The molecule has 126 valence electrons. The van der Waals surface area contributed by atoms with Gasteiger partial charge in [-0.1, -0.05) is 25.0 Å². The number of thiophene rings is 1. The Bertz CT molecular complexity index is 570. The van der Waals surface area contributed by atoms with Gasteiger partial charge < -0.3 is 10.4 Å². The molecule has 0 saturated heterocycles. The maximum absolute atomic E-state index is 12.5. The zero-order valence-electron chi connectivity index (χ0n) is 13.9. The van der Waals surface area contributed by atoms with Crippen LogP contribution in [-0.4, -0.2) is 17.6 Å². The Hall–Kier alpha value is -1.13. The van der Waals surface area contributed by atoms with Gasteiger partial charge in [0.05, 0.1) is 6.10 Å². The van der Waals surface area contributed by atoms with Crippen molar-refractivity contribution in [2.75, 3.05) is 6.54 Å². The van der Waals surface area contributed by atoms with Gasteiger partial charge in [-0.15, -0.1) is 11.3 Å². The molecule has 1 amide bonds. The largest absolute Gasteiger partial charge is 0.388 e. The fourth-order valence-electron chi connectivity index (χ4n) is 3.86. The maximum Gasteiger partial charge on any atom is 0.223 e. The van der Waals surface area contributed by atoms with Crippen molar-refractivity contribution in [3.63, 3.8) is 0 Å². The van der Waals surface area contributed by atoms with E-state index in [1.165, 1.54) is 17.7 Å². The number of allylic oxidation sites excluding steroid dienone is 2. The van der Waals surface area contributed by atoms with E-state index in [0.717, 1.165) is 43.5 Å². The lowest BCUT2D eigenvalue weighted by Gasteiger charge is -2.29. The molecule has 2 N–H and O–H groups in total. The summed E-state index contributed by atoms with van der Waals surface area (Å²) in [5.74, 6) is 0.364. The number of rotatable bonds is 5. The lowest BCUT2D eigenvalue weighted by Crippen LogP contribution is -2.41. The number of carbonyl (C=O) groups excluding carboxylic acids is 1. The van der Waals surface area contributed by atoms with Gasteiger partial charge in [0.15, 0.2) is 0 Å². The first-order valence-corrected chi connectivity index (χ1v) is 9.63. The summed E-state index contributed by atoms with van der Waals surface area (Å²) in [6.07, 6.45) is 11.5. The second-order valence-corrected chi connectivity index (χ2v) is 8.18. The van der Waals surface area contributed by atoms with Crippen LogP contribution in [0.25, 0.3) is 0 Å². The van der Waals surface area contributed by atoms with Crippen molar-refractivity contribution in [3.05, 3.63) is 34.0 Å². The quantitative estimate of drug-likeness (QED) is 0.798. The molecule has 3 rings (SSSR count). The molecule has 0 spiro atoms. The van der Waals surface area contributed by atoms with Crippen LogP contribution in [0, 0.1) is 5.92 Å². The molecule has 2 aliphatic carbocycles. The summed E-state index contributed by atoms with van der Waals surface area (Å²) in [5, 5.41) is 13.0. The minimum Gasteiger partial charge on any atom is -0.388 e. The van der Waals surface area contributed by atoms with E-state index in [-0.39, 0.29) is 17.2 Å². The lowest BCUT2D eigenvalue weighted by molar-refractivity contribution is -0.125. The van der Waals surface area contributed by atoms with Crippen molar-refractivity contribution in [2.24, 2.45) is 5.92 Å². The van der Waals surface area contributed by atoms with Crippen LogP contribution in [0.1, 0.15) is 67.7 Å². The standard InChI is InChI=1S/C19H27NO2S/c1-14(21)16-9-10-17(23-16)19(11-5-6-12-19)13-20-18(22)15-7-3-2-4-8-15/h2-3,9-10,14-15,21H,4-8,11-13H2,1H3,(H,20,22)/t14-,15-/m0/s1. The molecule has 0 radical (unpaired) electrons. The van der Waals surface area contributed by atoms with Crippen molar-refractivity contribution in [2.45, 2.75) is 63.4 Å². The van der Waals surface area contributed by atoms with Gasteiger partial charge in [0.1, 0.15) is 0 Å². The number of hydrogen-bond acceptors (Lipinski definition) is 3. The third-order valence-corrected chi connectivity index (χ3v) is 6.86. The van der Waals surface area contributed by atoms with Crippen LogP contribution in [0.4, 0.5) is 0 Å². The Morgan fingerprint density at radius 3 is 2.78 bits per heavy atom. The summed E-state index contributed by atoms with van der Waals surface area (Å²) in [4.78, 5) is 14.8. The van der Waals surface area contributed by atoms with E-state index < -0.39 is 6.10 Å². The first-order valence-electron chi connectivity index (χ1n) is 8.82. The molecule has 0 aromatic carbocycles. The molecule has 1 saturated carbocycles. The fraction of sp³-hybridized carbons (Fsp3) is 0.632. The van der Waals surface area contributed by atoms with Crippen molar-refractivity contribution >= 4 is 17.2 Å². The smallest absolute Gasteiger partial charge is 0.223 e. The SMILES string of the molecule is C[C@H](O)c1ccc(C2(CNC(=O)[C@H]3CC=CCC3)CCCC2)s1. The Balaban J connectivity index is 1.68. The molecule has 3 nitrogen and oxygen atoms in total. The second kappa shape index (κ2) is 7.18. The Morgan fingerprint density at radius 2 is 2.17 bits per heavy atom. The van der Waals surface area contributed by atoms with E-state index >= 15 is 0 Å². The molecule has 1 aromatic heterocycles. The van der Waals surface area contributed by atoms with E-state index in [9.17, 15) is 9.90 Å². The lowest BCUT2D eigenvalue weighted by atomic mass is 9.84. The molecular weight excluding hydrogens is 306 g/mol. The number of carbonyl (C=O) groups is 1. The summed E-state index contributed by atoms with van der Waals surface area (Å²) in [7, 11) is 0. The molecular formula is C19H27NO2S. The predicted molar refractivity (Wildman–Crippen MR) is 94.6 cm³/mol. The van der Waals surface area contributed by atoms with E-state index in [1.54, 1.807) is 11.3 Å². The third kappa shape index (κ3) is 3.69.